The number of hydrogen-bond acceptors (Lipinski definition) is 6. The standard InChI is InChI=1S/C23H28N2O4S2/c1-5-23(2,3)15-6-11-18-19(13-24)22(30-20(18)12-15)25-21(26)14-29-16-7-9-17(10-8-16)31(4,27)28/h7-10,15H,5-6,11-12,14H2,1-4H3,(H,25,26). The van der Waals surface area contributed by atoms with Gasteiger partial charge in [0.05, 0.1) is 10.5 Å². The molecular weight excluding hydrogens is 432 g/mol. The number of ether oxygens (including phenoxy) is 1. The molecule has 166 valence electrons. The highest BCUT2D eigenvalue weighted by molar-refractivity contribution is 7.90. The molecule has 0 spiro atoms. The molecule has 1 N–H and O–H groups in total. The van der Waals surface area contributed by atoms with Crippen LogP contribution in [0.4, 0.5) is 5.00 Å². The summed E-state index contributed by atoms with van der Waals surface area (Å²) in [5.74, 6) is 0.614. The summed E-state index contributed by atoms with van der Waals surface area (Å²) in [4.78, 5) is 13.8. The number of carbonyl (C=O) groups is 1. The fourth-order valence-electron chi connectivity index (χ4n) is 3.84. The summed E-state index contributed by atoms with van der Waals surface area (Å²) < 4.78 is 28.5. The molecule has 31 heavy (non-hydrogen) atoms. The van der Waals surface area contributed by atoms with Crippen LogP contribution in [0.15, 0.2) is 29.2 Å². The smallest absolute Gasteiger partial charge is 0.262 e. The molecule has 0 saturated heterocycles. The molecule has 0 fully saturated rings. The number of hydrogen-bond donors (Lipinski definition) is 1. The lowest BCUT2D eigenvalue weighted by molar-refractivity contribution is -0.118. The average Bonchev–Trinajstić information content (AvgIpc) is 3.07. The van der Waals surface area contributed by atoms with Gasteiger partial charge in [0.25, 0.3) is 5.91 Å². The van der Waals surface area contributed by atoms with Gasteiger partial charge in [-0.2, -0.15) is 5.26 Å². The molecule has 0 radical (unpaired) electrons. The summed E-state index contributed by atoms with van der Waals surface area (Å²) in [6.45, 7) is 6.58. The van der Waals surface area contributed by atoms with Crippen molar-refractivity contribution in [1.82, 2.24) is 0 Å². The van der Waals surface area contributed by atoms with Crippen LogP contribution >= 0.6 is 11.3 Å². The molecule has 1 atom stereocenters. The predicted octanol–water partition coefficient (Wildman–Crippen LogP) is 4.58. The van der Waals surface area contributed by atoms with Crippen LogP contribution in [-0.4, -0.2) is 27.2 Å². The predicted molar refractivity (Wildman–Crippen MR) is 122 cm³/mol. The Morgan fingerprint density at radius 3 is 2.58 bits per heavy atom. The molecule has 3 rings (SSSR count). The zero-order chi connectivity index (χ0) is 22.8. The summed E-state index contributed by atoms with van der Waals surface area (Å²) in [6.07, 6.45) is 5.10. The van der Waals surface area contributed by atoms with Crippen LogP contribution in [0.5, 0.6) is 5.75 Å². The second-order valence-corrected chi connectivity index (χ2v) is 11.8. The molecule has 1 aromatic carbocycles. The number of nitrogens with zero attached hydrogens (tertiary/aromatic N) is 1. The van der Waals surface area contributed by atoms with E-state index in [0.717, 1.165) is 37.5 Å². The van der Waals surface area contributed by atoms with Crippen molar-refractivity contribution in [1.29, 1.82) is 5.26 Å². The average molecular weight is 461 g/mol. The van der Waals surface area contributed by atoms with Crippen LogP contribution in [0.1, 0.15) is 49.6 Å². The van der Waals surface area contributed by atoms with E-state index >= 15 is 0 Å². The summed E-state index contributed by atoms with van der Waals surface area (Å²) in [6, 6.07) is 8.19. The highest BCUT2D eigenvalue weighted by atomic mass is 32.2. The molecule has 1 aliphatic rings. The first-order valence-electron chi connectivity index (χ1n) is 10.3. The van der Waals surface area contributed by atoms with Crippen LogP contribution in [0.3, 0.4) is 0 Å². The molecule has 1 unspecified atom stereocenters. The van der Waals surface area contributed by atoms with Crippen LogP contribution in [-0.2, 0) is 27.5 Å². The number of nitrogens with one attached hydrogen (secondary N) is 1. The highest BCUT2D eigenvalue weighted by Gasteiger charge is 2.34. The quantitative estimate of drug-likeness (QED) is 0.652. The van der Waals surface area contributed by atoms with Gasteiger partial charge in [0.15, 0.2) is 16.4 Å². The van der Waals surface area contributed by atoms with Crippen molar-refractivity contribution in [3.05, 3.63) is 40.3 Å². The van der Waals surface area contributed by atoms with Gasteiger partial charge >= 0.3 is 0 Å². The SMILES string of the molecule is CCC(C)(C)C1CCc2c(sc(NC(=O)COc3ccc(S(C)(=O)=O)cc3)c2C#N)C1. The number of benzene rings is 1. The van der Waals surface area contributed by atoms with Gasteiger partial charge in [0.2, 0.25) is 0 Å². The molecule has 6 nitrogen and oxygen atoms in total. The first kappa shape index (κ1) is 23.3. The van der Waals surface area contributed by atoms with E-state index < -0.39 is 9.84 Å². The molecule has 1 amide bonds. The van der Waals surface area contributed by atoms with E-state index in [1.165, 1.54) is 40.5 Å². The third-order valence-corrected chi connectivity index (χ3v) is 8.57. The minimum Gasteiger partial charge on any atom is -0.484 e. The van der Waals surface area contributed by atoms with Crippen molar-refractivity contribution < 1.29 is 17.9 Å². The summed E-state index contributed by atoms with van der Waals surface area (Å²) in [7, 11) is -3.28. The summed E-state index contributed by atoms with van der Waals surface area (Å²) >= 11 is 1.49. The van der Waals surface area contributed by atoms with E-state index in [-0.39, 0.29) is 22.8 Å². The van der Waals surface area contributed by atoms with Crippen molar-refractivity contribution in [2.45, 2.75) is 51.3 Å². The molecular formula is C23H28N2O4S2. The molecule has 0 saturated carbocycles. The first-order valence-corrected chi connectivity index (χ1v) is 13.0. The van der Waals surface area contributed by atoms with E-state index in [0.29, 0.717) is 22.2 Å². The van der Waals surface area contributed by atoms with Gasteiger partial charge in [-0.3, -0.25) is 4.79 Å². The van der Waals surface area contributed by atoms with E-state index in [1.807, 2.05) is 0 Å². The lowest BCUT2D eigenvalue weighted by atomic mass is 9.69. The highest BCUT2D eigenvalue weighted by Crippen LogP contribution is 2.45. The first-order chi connectivity index (χ1) is 14.5. The Hall–Kier alpha value is -2.37. The largest absolute Gasteiger partial charge is 0.484 e. The number of fused-ring (bicyclic) bond motifs is 1. The maximum atomic E-state index is 12.4. The molecule has 1 aromatic heterocycles. The molecule has 1 heterocycles. The lowest BCUT2D eigenvalue weighted by Gasteiger charge is -2.36. The van der Waals surface area contributed by atoms with Crippen molar-refractivity contribution in [2.24, 2.45) is 11.3 Å². The van der Waals surface area contributed by atoms with Gasteiger partial charge in [-0.25, -0.2) is 8.42 Å². The Morgan fingerprint density at radius 1 is 1.32 bits per heavy atom. The Labute approximate surface area is 188 Å². The number of sulfone groups is 1. The fourth-order valence-corrected chi connectivity index (χ4v) is 5.77. The van der Waals surface area contributed by atoms with E-state index in [4.69, 9.17) is 4.74 Å². The van der Waals surface area contributed by atoms with Gasteiger partial charge in [-0.1, -0.05) is 27.2 Å². The summed E-state index contributed by atoms with van der Waals surface area (Å²) in [5, 5.41) is 13.1. The van der Waals surface area contributed by atoms with Crippen molar-refractivity contribution in [3.8, 4) is 11.8 Å². The fraction of sp³-hybridized carbons (Fsp3) is 0.478. The second-order valence-electron chi connectivity index (χ2n) is 8.68. The molecule has 2 aromatic rings. The topological polar surface area (TPSA) is 96.3 Å². The molecule has 1 aliphatic carbocycles. The van der Waals surface area contributed by atoms with Crippen LogP contribution in [0.25, 0.3) is 0 Å². The number of anilines is 1. The third-order valence-electron chi connectivity index (χ3n) is 6.27. The van der Waals surface area contributed by atoms with Crippen LogP contribution < -0.4 is 10.1 Å². The lowest BCUT2D eigenvalue weighted by Crippen LogP contribution is -2.28. The van der Waals surface area contributed by atoms with E-state index in [9.17, 15) is 18.5 Å². The molecule has 0 bridgehead atoms. The van der Waals surface area contributed by atoms with Gasteiger partial charge in [-0.15, -0.1) is 11.3 Å². The number of thiophene rings is 1. The number of amides is 1. The Kier molecular flexibility index (Phi) is 6.77. The molecule has 0 aliphatic heterocycles. The minimum absolute atomic E-state index is 0.191. The van der Waals surface area contributed by atoms with Crippen molar-refractivity contribution in [3.63, 3.8) is 0 Å². The Balaban J connectivity index is 1.66. The number of nitriles is 1. The molecule has 8 heteroatoms. The monoisotopic (exact) mass is 460 g/mol. The van der Waals surface area contributed by atoms with Gasteiger partial charge in [-0.05, 0) is 60.4 Å². The van der Waals surface area contributed by atoms with Crippen molar-refractivity contribution >= 4 is 32.1 Å². The Morgan fingerprint density at radius 2 is 2.00 bits per heavy atom. The van der Waals surface area contributed by atoms with Gasteiger partial charge < -0.3 is 10.1 Å². The maximum absolute atomic E-state index is 12.4. The van der Waals surface area contributed by atoms with Crippen LogP contribution in [0.2, 0.25) is 0 Å². The third kappa shape index (κ3) is 5.28. The number of rotatable bonds is 7. The summed E-state index contributed by atoms with van der Waals surface area (Å²) in [5.41, 5.74) is 1.89. The second kappa shape index (κ2) is 9.01. The van der Waals surface area contributed by atoms with E-state index in [2.05, 4.69) is 32.2 Å². The van der Waals surface area contributed by atoms with Gasteiger partial charge in [0, 0.05) is 11.1 Å². The zero-order valence-corrected chi connectivity index (χ0v) is 20.0. The normalized spacial score (nSPS) is 16.3. The van der Waals surface area contributed by atoms with Crippen LogP contribution in [0, 0.1) is 22.7 Å². The van der Waals surface area contributed by atoms with Gasteiger partial charge in [0.1, 0.15) is 16.8 Å². The zero-order valence-electron chi connectivity index (χ0n) is 18.3. The van der Waals surface area contributed by atoms with E-state index in [1.54, 1.807) is 0 Å². The van der Waals surface area contributed by atoms with Crippen molar-refractivity contribution in [2.75, 3.05) is 18.2 Å². The maximum Gasteiger partial charge on any atom is 0.262 e. The number of carbonyl (C=O) groups excluding carboxylic acids is 1. The minimum atomic E-state index is -3.28. The Bertz CT molecular complexity index is 1110.